The fourth-order valence-corrected chi connectivity index (χ4v) is 4.12. The Hall–Kier alpha value is -4.16. The zero-order valence-corrected chi connectivity index (χ0v) is 18.2. The first-order valence-corrected chi connectivity index (χ1v) is 10.6. The Bertz CT molecular complexity index is 1310. The van der Waals surface area contributed by atoms with E-state index in [2.05, 4.69) is 15.4 Å². The number of anilines is 2. The van der Waals surface area contributed by atoms with E-state index in [4.69, 9.17) is 4.74 Å². The van der Waals surface area contributed by atoms with Crippen LogP contribution in [0.2, 0.25) is 0 Å². The fourth-order valence-electron chi connectivity index (χ4n) is 4.12. The number of pyridine rings is 1. The van der Waals surface area contributed by atoms with Crippen LogP contribution in [0.4, 0.5) is 38.5 Å². The first-order chi connectivity index (χ1) is 16.7. The third-order valence-electron chi connectivity index (χ3n) is 5.88. The summed E-state index contributed by atoms with van der Waals surface area (Å²) in [6.07, 6.45) is -0.000662. The fraction of sp³-hybridized carbons (Fsp3) is 0.273. The standard InChI is InChI=1S/C22H18F4N6O3/c1-11-8-32-17(9-30(11)21(33)28-12-5-13(23)20(26)14(24)6-12)16(7-27-32)31-10-18(35-22(31)34)15-3-2-4-19(25)29-15/h2-7,11,18H,8-10H2,1H3,(H,28,33)/t11-,18?/m0/s1. The molecule has 0 radical (unpaired) electrons. The van der Waals surface area contributed by atoms with E-state index in [9.17, 15) is 27.2 Å². The van der Waals surface area contributed by atoms with E-state index in [-0.39, 0.29) is 37.1 Å². The van der Waals surface area contributed by atoms with E-state index in [1.54, 1.807) is 17.7 Å². The Balaban J connectivity index is 1.36. The lowest BCUT2D eigenvalue weighted by Gasteiger charge is -2.34. The first kappa shape index (κ1) is 22.6. The summed E-state index contributed by atoms with van der Waals surface area (Å²) in [6.45, 7) is 2.11. The lowest BCUT2D eigenvalue weighted by molar-refractivity contribution is 0.139. The molecule has 9 nitrogen and oxygen atoms in total. The zero-order valence-electron chi connectivity index (χ0n) is 18.2. The van der Waals surface area contributed by atoms with E-state index in [0.29, 0.717) is 23.5 Å². The summed E-state index contributed by atoms with van der Waals surface area (Å²) in [4.78, 5) is 32.0. The number of halogens is 4. The van der Waals surface area contributed by atoms with Gasteiger partial charge >= 0.3 is 12.1 Å². The summed E-state index contributed by atoms with van der Waals surface area (Å²) in [5, 5.41) is 6.67. The van der Waals surface area contributed by atoms with Crippen LogP contribution in [0, 0.1) is 23.4 Å². The van der Waals surface area contributed by atoms with Crippen LogP contribution in [0.25, 0.3) is 0 Å². The SMILES string of the molecule is C[C@H]1Cn2ncc(N3CC(c4cccc(F)n4)OC3=O)c2CN1C(=O)Nc1cc(F)c(F)c(F)c1. The molecule has 35 heavy (non-hydrogen) atoms. The van der Waals surface area contributed by atoms with Gasteiger partial charge in [-0.25, -0.2) is 27.7 Å². The number of nitrogens with one attached hydrogen (secondary N) is 1. The molecule has 5 rings (SSSR count). The van der Waals surface area contributed by atoms with Crippen molar-refractivity contribution in [2.24, 2.45) is 0 Å². The van der Waals surface area contributed by atoms with E-state index in [1.807, 2.05) is 0 Å². The molecular weight excluding hydrogens is 472 g/mol. The molecule has 2 aliphatic rings. The Morgan fingerprint density at radius 1 is 1.14 bits per heavy atom. The second-order valence-corrected chi connectivity index (χ2v) is 8.19. The highest BCUT2D eigenvalue weighted by Crippen LogP contribution is 2.34. The number of rotatable bonds is 3. The maximum Gasteiger partial charge on any atom is 0.415 e. The third kappa shape index (κ3) is 4.13. The molecule has 1 unspecified atom stereocenters. The molecule has 2 aromatic heterocycles. The smallest absolute Gasteiger partial charge is 0.415 e. The average molecular weight is 490 g/mol. The lowest BCUT2D eigenvalue weighted by Crippen LogP contribution is -2.47. The number of benzene rings is 1. The van der Waals surface area contributed by atoms with Crippen molar-refractivity contribution in [1.29, 1.82) is 0 Å². The molecule has 4 heterocycles. The van der Waals surface area contributed by atoms with Gasteiger partial charge < -0.3 is 15.0 Å². The quantitative estimate of drug-likeness (QED) is 0.341. The summed E-state index contributed by atoms with van der Waals surface area (Å²) in [5.41, 5.74) is 0.943. The van der Waals surface area contributed by atoms with Gasteiger partial charge in [0.2, 0.25) is 5.95 Å². The normalized spacial score (nSPS) is 19.5. The number of urea groups is 1. The molecule has 3 amide bonds. The molecule has 1 saturated heterocycles. The van der Waals surface area contributed by atoms with E-state index in [0.717, 1.165) is 0 Å². The first-order valence-electron chi connectivity index (χ1n) is 10.6. The summed E-state index contributed by atoms with van der Waals surface area (Å²) in [7, 11) is 0. The van der Waals surface area contributed by atoms with Crippen LogP contribution in [0.3, 0.4) is 0 Å². The molecule has 0 bridgehead atoms. The van der Waals surface area contributed by atoms with Crippen molar-refractivity contribution in [1.82, 2.24) is 19.7 Å². The van der Waals surface area contributed by atoms with Crippen molar-refractivity contribution < 1.29 is 31.9 Å². The number of fused-ring (bicyclic) bond motifs is 1. The zero-order chi connectivity index (χ0) is 24.9. The predicted octanol–water partition coefficient (Wildman–Crippen LogP) is 3.97. The number of carbonyl (C=O) groups is 2. The number of amides is 3. The van der Waals surface area contributed by atoms with E-state index in [1.165, 1.54) is 28.1 Å². The topological polar surface area (TPSA) is 92.6 Å². The monoisotopic (exact) mass is 490 g/mol. The summed E-state index contributed by atoms with van der Waals surface area (Å²) in [6, 6.07) is 4.52. The summed E-state index contributed by atoms with van der Waals surface area (Å²) >= 11 is 0. The third-order valence-corrected chi connectivity index (χ3v) is 5.88. The van der Waals surface area contributed by atoms with Crippen LogP contribution in [-0.4, -0.2) is 44.4 Å². The highest BCUT2D eigenvalue weighted by molar-refractivity contribution is 5.91. The van der Waals surface area contributed by atoms with Crippen LogP contribution in [0.1, 0.15) is 24.4 Å². The van der Waals surface area contributed by atoms with Gasteiger partial charge in [-0.15, -0.1) is 0 Å². The van der Waals surface area contributed by atoms with E-state index < -0.39 is 41.6 Å². The highest BCUT2D eigenvalue weighted by atomic mass is 19.2. The number of ether oxygens (including phenoxy) is 1. The largest absolute Gasteiger partial charge is 0.437 e. The lowest BCUT2D eigenvalue weighted by atomic mass is 10.1. The average Bonchev–Trinajstić information content (AvgIpc) is 3.39. The molecule has 0 aliphatic carbocycles. The van der Waals surface area contributed by atoms with Gasteiger partial charge in [0.25, 0.3) is 0 Å². The maximum absolute atomic E-state index is 13.5. The van der Waals surface area contributed by atoms with E-state index >= 15 is 0 Å². The second-order valence-electron chi connectivity index (χ2n) is 8.19. The van der Waals surface area contributed by atoms with Gasteiger partial charge in [-0.05, 0) is 19.1 Å². The van der Waals surface area contributed by atoms with Gasteiger partial charge in [-0.1, -0.05) is 6.07 Å². The minimum atomic E-state index is -1.63. The molecule has 13 heteroatoms. The molecule has 1 fully saturated rings. The number of nitrogens with zero attached hydrogens (tertiary/aromatic N) is 5. The molecule has 0 saturated carbocycles. The van der Waals surface area contributed by atoms with Gasteiger partial charge in [-0.2, -0.15) is 9.49 Å². The van der Waals surface area contributed by atoms with Gasteiger partial charge in [0.05, 0.1) is 48.9 Å². The second kappa shape index (κ2) is 8.56. The minimum absolute atomic E-state index is 0.0150. The number of aromatic nitrogens is 3. The van der Waals surface area contributed by atoms with Crippen LogP contribution in [0.15, 0.2) is 36.5 Å². The van der Waals surface area contributed by atoms with Gasteiger partial charge in [0, 0.05) is 17.8 Å². The Morgan fingerprint density at radius 3 is 2.60 bits per heavy atom. The molecule has 3 aromatic rings. The summed E-state index contributed by atoms with van der Waals surface area (Å²) in [5.74, 6) is -5.19. The minimum Gasteiger partial charge on any atom is -0.437 e. The summed E-state index contributed by atoms with van der Waals surface area (Å²) < 4.78 is 60.8. The van der Waals surface area contributed by atoms with Crippen molar-refractivity contribution in [3.8, 4) is 0 Å². The van der Waals surface area contributed by atoms with Crippen molar-refractivity contribution in [2.75, 3.05) is 16.8 Å². The van der Waals surface area contributed by atoms with Crippen molar-refractivity contribution in [3.63, 3.8) is 0 Å². The van der Waals surface area contributed by atoms with Crippen LogP contribution in [-0.2, 0) is 17.8 Å². The number of cyclic esters (lactones) is 1. The molecule has 1 aromatic carbocycles. The van der Waals surface area contributed by atoms with Crippen LogP contribution < -0.4 is 10.2 Å². The predicted molar refractivity (Wildman–Crippen MR) is 113 cm³/mol. The Kier molecular flexibility index (Phi) is 5.53. The highest BCUT2D eigenvalue weighted by Gasteiger charge is 2.39. The molecule has 1 N–H and O–H groups in total. The Labute approximate surface area is 195 Å². The van der Waals surface area contributed by atoms with Gasteiger partial charge in [0.1, 0.15) is 0 Å². The van der Waals surface area contributed by atoms with Gasteiger partial charge in [0.15, 0.2) is 23.6 Å². The number of hydrogen-bond acceptors (Lipinski definition) is 5. The van der Waals surface area contributed by atoms with Crippen molar-refractivity contribution in [2.45, 2.75) is 32.2 Å². The molecule has 2 atom stereocenters. The Morgan fingerprint density at radius 2 is 1.89 bits per heavy atom. The van der Waals surface area contributed by atoms with Crippen LogP contribution >= 0.6 is 0 Å². The maximum atomic E-state index is 13.5. The van der Waals surface area contributed by atoms with Crippen molar-refractivity contribution in [3.05, 3.63) is 71.3 Å². The van der Waals surface area contributed by atoms with Crippen molar-refractivity contribution >= 4 is 23.5 Å². The number of carbonyl (C=O) groups excluding carboxylic acids is 2. The molecular formula is C22H18F4N6O3. The molecule has 182 valence electrons. The van der Waals surface area contributed by atoms with Gasteiger partial charge in [-0.3, -0.25) is 9.58 Å². The van der Waals surface area contributed by atoms with Crippen LogP contribution in [0.5, 0.6) is 0 Å². The molecule has 2 aliphatic heterocycles. The number of hydrogen-bond donors (Lipinski definition) is 1. The molecule has 0 spiro atoms.